The summed E-state index contributed by atoms with van der Waals surface area (Å²) in [6.45, 7) is 9.98. The number of carbonyl (C=O) groups is 3. The largest absolute Gasteiger partial charge is 0.353 e. The van der Waals surface area contributed by atoms with Crippen LogP contribution in [0.3, 0.4) is 0 Å². The van der Waals surface area contributed by atoms with E-state index >= 15 is 0 Å². The number of fused-ring (bicyclic) bond motifs is 1. The number of nitrogens with one attached hydrogen (secondary N) is 1. The summed E-state index contributed by atoms with van der Waals surface area (Å²) in [5.74, 6) is -0.763. The number of Topliss-reactive ketones (excluding diaryl/α,β-unsaturated/α-hetero) is 2. The summed E-state index contributed by atoms with van der Waals surface area (Å²) in [6, 6.07) is 15.2. The molecule has 2 heterocycles. The fourth-order valence-corrected chi connectivity index (χ4v) is 6.46. The molecule has 2 atom stereocenters. The number of amides is 1. The molecule has 1 N–H and O–H groups in total. The van der Waals surface area contributed by atoms with Crippen LogP contribution in [0.1, 0.15) is 36.8 Å². The van der Waals surface area contributed by atoms with Crippen LogP contribution < -0.4 is 5.32 Å². The van der Waals surface area contributed by atoms with Gasteiger partial charge in [-0.05, 0) is 50.6 Å². The van der Waals surface area contributed by atoms with Crippen LogP contribution in [0.25, 0.3) is 10.2 Å². The standard InChI is InChI=1S/C32H39ClN4O3S/c1-22(21-37-15-13-36(3)14-16-37)29(39)12-10-27(18-24-7-5-4-6-8-24)34-32(40)25(17-23(2)38)19-31-35-28-11-9-26(33)20-30(28)41-31/h4-9,11,20,25,27H,1,10,12-19,21H2,2-3H3,(H,34,40)/t25-,27+/m0/s1. The first kappa shape index (κ1) is 31.0. The Balaban J connectivity index is 1.42. The quantitative estimate of drug-likeness (QED) is 0.266. The van der Waals surface area contributed by atoms with Crippen LogP contribution in [0, 0.1) is 5.92 Å². The molecule has 7 nitrogen and oxygen atoms in total. The Hall–Kier alpha value is -2.91. The third-order valence-electron chi connectivity index (χ3n) is 7.52. The average molecular weight is 595 g/mol. The van der Waals surface area contributed by atoms with Gasteiger partial charge in [0.2, 0.25) is 5.91 Å². The fraction of sp³-hybridized carbons (Fsp3) is 0.438. The molecule has 1 aromatic heterocycles. The van der Waals surface area contributed by atoms with Crippen molar-refractivity contribution in [2.45, 2.75) is 45.1 Å². The Bertz CT molecular complexity index is 1370. The summed E-state index contributed by atoms with van der Waals surface area (Å²) in [7, 11) is 2.11. The van der Waals surface area contributed by atoms with Crippen LogP contribution >= 0.6 is 22.9 Å². The number of rotatable bonds is 14. The lowest BCUT2D eigenvalue weighted by Gasteiger charge is -2.32. The van der Waals surface area contributed by atoms with Crippen molar-refractivity contribution in [3.8, 4) is 0 Å². The van der Waals surface area contributed by atoms with Crippen LogP contribution in [0.4, 0.5) is 0 Å². The maximum atomic E-state index is 13.6. The Kier molecular flexibility index (Phi) is 11.2. The number of hydrogen-bond donors (Lipinski definition) is 1. The van der Waals surface area contributed by atoms with Crippen LogP contribution in [-0.2, 0) is 27.2 Å². The predicted molar refractivity (Wildman–Crippen MR) is 167 cm³/mol. The first-order valence-corrected chi connectivity index (χ1v) is 15.4. The molecule has 1 fully saturated rings. The molecular formula is C32H39ClN4O3S. The van der Waals surface area contributed by atoms with Crippen molar-refractivity contribution in [1.29, 1.82) is 0 Å². The van der Waals surface area contributed by atoms with Gasteiger partial charge in [-0.25, -0.2) is 4.98 Å². The minimum atomic E-state index is -0.551. The molecule has 0 bridgehead atoms. The number of thiazole rings is 1. The van der Waals surface area contributed by atoms with Gasteiger partial charge in [0.15, 0.2) is 5.78 Å². The Morgan fingerprint density at radius 3 is 2.51 bits per heavy atom. The van der Waals surface area contributed by atoms with E-state index in [4.69, 9.17) is 11.6 Å². The van der Waals surface area contributed by atoms with E-state index in [1.165, 1.54) is 18.3 Å². The normalized spacial score (nSPS) is 15.9. The molecule has 2 aromatic carbocycles. The molecule has 0 radical (unpaired) electrons. The van der Waals surface area contributed by atoms with Gasteiger partial charge >= 0.3 is 0 Å². The molecule has 0 aliphatic carbocycles. The molecule has 1 saturated heterocycles. The van der Waals surface area contributed by atoms with Gasteiger partial charge in [-0.1, -0.05) is 48.5 Å². The predicted octanol–water partition coefficient (Wildman–Crippen LogP) is 4.97. The van der Waals surface area contributed by atoms with Gasteiger partial charge in [0.05, 0.1) is 21.1 Å². The summed E-state index contributed by atoms with van der Waals surface area (Å²) in [4.78, 5) is 48.0. The molecule has 0 spiro atoms. The lowest BCUT2D eigenvalue weighted by molar-refractivity contribution is -0.129. The van der Waals surface area contributed by atoms with Gasteiger partial charge in [-0.15, -0.1) is 11.3 Å². The van der Waals surface area contributed by atoms with Crippen molar-refractivity contribution in [3.05, 3.63) is 76.3 Å². The minimum Gasteiger partial charge on any atom is -0.353 e. The molecule has 1 aliphatic heterocycles. The number of nitrogens with zero attached hydrogens (tertiary/aromatic N) is 3. The lowest BCUT2D eigenvalue weighted by Crippen LogP contribution is -2.45. The van der Waals surface area contributed by atoms with Crippen molar-refractivity contribution in [2.24, 2.45) is 5.92 Å². The lowest BCUT2D eigenvalue weighted by atomic mass is 9.95. The van der Waals surface area contributed by atoms with Crippen molar-refractivity contribution < 1.29 is 14.4 Å². The average Bonchev–Trinajstić information content (AvgIpc) is 3.34. The van der Waals surface area contributed by atoms with E-state index in [2.05, 4.69) is 33.7 Å². The van der Waals surface area contributed by atoms with Crippen molar-refractivity contribution in [2.75, 3.05) is 39.8 Å². The monoisotopic (exact) mass is 594 g/mol. The number of ketones is 2. The van der Waals surface area contributed by atoms with Gasteiger partial charge in [-0.2, -0.15) is 0 Å². The fourth-order valence-electron chi connectivity index (χ4n) is 5.14. The minimum absolute atomic E-state index is 0.0321. The zero-order chi connectivity index (χ0) is 29.4. The highest BCUT2D eigenvalue weighted by molar-refractivity contribution is 7.18. The number of carbonyl (C=O) groups excluding carboxylic acids is 3. The van der Waals surface area contributed by atoms with Crippen LogP contribution in [0.15, 0.2) is 60.7 Å². The zero-order valence-corrected chi connectivity index (χ0v) is 25.5. The second-order valence-electron chi connectivity index (χ2n) is 11.1. The van der Waals surface area contributed by atoms with E-state index in [1.807, 2.05) is 42.5 Å². The highest BCUT2D eigenvalue weighted by Gasteiger charge is 2.26. The Labute approximate surface area is 251 Å². The van der Waals surface area contributed by atoms with Crippen molar-refractivity contribution >= 4 is 50.6 Å². The topological polar surface area (TPSA) is 82.6 Å². The maximum Gasteiger partial charge on any atom is 0.224 e. The summed E-state index contributed by atoms with van der Waals surface area (Å²) >= 11 is 7.63. The third-order valence-corrected chi connectivity index (χ3v) is 8.79. The summed E-state index contributed by atoms with van der Waals surface area (Å²) in [6.07, 6.45) is 1.88. The smallest absolute Gasteiger partial charge is 0.224 e. The number of piperazine rings is 1. The van der Waals surface area contributed by atoms with Gasteiger partial charge in [-0.3, -0.25) is 14.5 Å². The summed E-state index contributed by atoms with van der Waals surface area (Å²) in [5.41, 5.74) is 2.52. The summed E-state index contributed by atoms with van der Waals surface area (Å²) < 4.78 is 0.951. The highest BCUT2D eigenvalue weighted by atomic mass is 35.5. The molecule has 4 rings (SSSR count). The summed E-state index contributed by atoms with van der Waals surface area (Å²) in [5, 5.41) is 4.61. The molecular weight excluding hydrogens is 556 g/mol. The molecule has 9 heteroatoms. The van der Waals surface area contributed by atoms with Crippen LogP contribution in [-0.4, -0.2) is 78.1 Å². The van der Waals surface area contributed by atoms with Crippen molar-refractivity contribution in [3.63, 3.8) is 0 Å². The van der Waals surface area contributed by atoms with E-state index in [-0.39, 0.29) is 29.9 Å². The highest BCUT2D eigenvalue weighted by Crippen LogP contribution is 2.27. The molecule has 218 valence electrons. The molecule has 0 saturated carbocycles. The third kappa shape index (κ3) is 9.57. The van der Waals surface area contributed by atoms with E-state index in [0.717, 1.165) is 47.0 Å². The van der Waals surface area contributed by atoms with Gasteiger partial charge < -0.3 is 15.0 Å². The first-order valence-electron chi connectivity index (χ1n) is 14.2. The van der Waals surface area contributed by atoms with E-state index in [1.54, 1.807) is 6.07 Å². The van der Waals surface area contributed by atoms with E-state index in [0.29, 0.717) is 42.8 Å². The van der Waals surface area contributed by atoms with Gasteiger partial charge in [0.1, 0.15) is 5.78 Å². The second-order valence-corrected chi connectivity index (χ2v) is 12.6. The van der Waals surface area contributed by atoms with Crippen molar-refractivity contribution in [1.82, 2.24) is 20.1 Å². The molecule has 1 amide bonds. The number of aromatic nitrogens is 1. The van der Waals surface area contributed by atoms with E-state index in [9.17, 15) is 14.4 Å². The van der Waals surface area contributed by atoms with Crippen LogP contribution in [0.2, 0.25) is 5.02 Å². The SMILES string of the molecule is C=C(CN1CCN(C)CC1)C(=O)CC[C@H](Cc1ccccc1)NC(=O)[C@@H](CC(C)=O)Cc1nc2ccc(Cl)cc2s1. The molecule has 0 unspecified atom stereocenters. The number of benzene rings is 2. The Morgan fingerprint density at radius 1 is 1.07 bits per heavy atom. The maximum absolute atomic E-state index is 13.6. The molecule has 41 heavy (non-hydrogen) atoms. The number of halogens is 1. The first-order chi connectivity index (χ1) is 19.7. The van der Waals surface area contributed by atoms with Gasteiger partial charge in [0, 0.05) is 68.6 Å². The number of hydrogen-bond acceptors (Lipinski definition) is 7. The zero-order valence-electron chi connectivity index (χ0n) is 23.9. The van der Waals surface area contributed by atoms with E-state index < -0.39 is 5.92 Å². The van der Waals surface area contributed by atoms with Gasteiger partial charge in [0.25, 0.3) is 0 Å². The second kappa shape index (κ2) is 14.8. The molecule has 1 aliphatic rings. The number of likely N-dealkylation sites (N-methyl/N-ethyl adjacent to an activating group) is 1. The Morgan fingerprint density at radius 2 is 1.80 bits per heavy atom. The van der Waals surface area contributed by atoms with Crippen LogP contribution in [0.5, 0.6) is 0 Å². The molecule has 3 aromatic rings.